The van der Waals surface area contributed by atoms with Gasteiger partial charge in [-0.05, 0) is 0 Å². The Bertz CT molecular complexity index is 4230. The number of hydrogen-bond donors (Lipinski definition) is 0. The predicted octanol–water partition coefficient (Wildman–Crippen LogP) is 19.3. The van der Waals surface area contributed by atoms with Crippen LogP contribution in [-0.4, -0.2) is 8.29 Å². The van der Waals surface area contributed by atoms with Gasteiger partial charge in [-0.3, -0.25) is 0 Å². The molecular weight excluding hydrogens is 1160 g/mol. The Morgan fingerprint density at radius 1 is 0.225 bits per heavy atom. The maximum atomic E-state index is 6.97. The van der Waals surface area contributed by atoms with Gasteiger partial charge in [0.1, 0.15) is 0 Å². The van der Waals surface area contributed by atoms with Gasteiger partial charge in [0.2, 0.25) is 0 Å². The van der Waals surface area contributed by atoms with Gasteiger partial charge in [-0.2, -0.15) is 0 Å². The first-order chi connectivity index (χ1) is 39.6. The van der Waals surface area contributed by atoms with E-state index in [-0.39, 0.29) is 0 Å². The fraction of sp³-hybridized carbons (Fsp3) is 0. The molecule has 0 radical (unpaired) electrons. The first-order valence-electron chi connectivity index (χ1n) is 27.1. The second-order valence-corrected chi connectivity index (χ2v) is 23.5. The van der Waals surface area contributed by atoms with E-state index in [2.05, 4.69) is 299 Å². The third-order valence-electron chi connectivity index (χ3n) is 16.2. The molecule has 0 unspecified atom stereocenters. The minimum absolute atomic E-state index is 0.775. The molecule has 0 N–H and O–H groups in total. The van der Waals surface area contributed by atoms with Gasteiger partial charge >= 0.3 is 475 Å². The van der Waals surface area contributed by atoms with E-state index in [9.17, 15) is 0 Å². The van der Waals surface area contributed by atoms with Gasteiger partial charge in [0.15, 0.2) is 0 Å². The van der Waals surface area contributed by atoms with E-state index in [1.54, 1.807) is 0 Å². The number of ether oxygens (including phenoxy) is 1. The van der Waals surface area contributed by atoms with Crippen LogP contribution in [0.5, 0.6) is 11.5 Å². The zero-order chi connectivity index (χ0) is 52.4. The van der Waals surface area contributed by atoms with Crippen molar-refractivity contribution in [2.75, 3.05) is 19.6 Å². The monoisotopic (exact) mass is 1200 g/mol. The van der Waals surface area contributed by atoms with E-state index in [1.807, 2.05) is 0 Å². The summed E-state index contributed by atoms with van der Waals surface area (Å²) < 4.78 is 9.34. The molecule has 0 saturated heterocycles. The van der Waals surface area contributed by atoms with E-state index in [1.165, 1.54) is 8.29 Å². The fourth-order valence-corrected chi connectivity index (χ4v) is 16.2. The van der Waals surface area contributed by atoms with Gasteiger partial charge in [0, 0.05) is 0 Å². The van der Waals surface area contributed by atoms with Crippen molar-refractivity contribution in [2.24, 2.45) is 0 Å². The zero-order valence-corrected chi connectivity index (χ0v) is 45.3. The third kappa shape index (κ3) is 7.07. The summed E-state index contributed by atoms with van der Waals surface area (Å²) in [5.74, 6) is 1.55. The van der Waals surface area contributed by atoms with Crippen molar-refractivity contribution in [1.29, 1.82) is 0 Å². The summed E-state index contributed by atoms with van der Waals surface area (Å²) in [6.07, 6.45) is 0. The summed E-state index contributed by atoms with van der Waals surface area (Å²) >= 11 is -1.27. The zero-order valence-electron chi connectivity index (χ0n) is 43.1. The molecule has 0 atom stereocenters. The van der Waals surface area contributed by atoms with Crippen LogP contribution in [0.15, 0.2) is 279 Å². The van der Waals surface area contributed by atoms with Crippen LogP contribution in [0.4, 0.5) is 45.5 Å². The van der Waals surface area contributed by atoms with Crippen LogP contribution < -0.4 is 24.3 Å². The number of rotatable bonds is 2. The quantitative estimate of drug-likeness (QED) is 0.172. The number of nitrogens with zero attached hydrogens (tertiary/aromatic N) is 4. The fourth-order valence-electron chi connectivity index (χ4n) is 12.5. The Morgan fingerprint density at radius 3 is 0.887 bits per heavy atom. The summed E-state index contributed by atoms with van der Waals surface area (Å²) in [4.78, 5) is 10.4. The van der Waals surface area contributed by atoms with Crippen LogP contribution in [0.25, 0.3) is 89.0 Å². The van der Waals surface area contributed by atoms with Crippen molar-refractivity contribution in [3.05, 3.63) is 279 Å². The van der Waals surface area contributed by atoms with Crippen molar-refractivity contribution < 1.29 is 22.4 Å². The Balaban J connectivity index is 1.15. The normalized spacial score (nSPS) is 13.8. The molecule has 0 fully saturated rings. The standard InChI is InChI=1S/C74H46N4O.Pt/c1-3-17-49(18-4-1)59-41-65-55-25-11-21-51(37-55)53-23-13-27-57(39-53)67-43-60(50-19-5-2-6-20-50)44-68-58-28-14-24-54(40-58)52-22-12-26-56(38-52)66(42-59)73(65)77-47-75(69-33-7-9-35-71(69)77)61-29-15-31-63(45-61)79-64-32-16-30-62(46-64)76-48-78(74(67)68)72-36-10-8-34-70(72)76;/h1-46H;. The first-order valence-corrected chi connectivity index (χ1v) is 29.4. The molecule has 16 bridgehead atoms. The molecule has 5 heterocycles. The van der Waals surface area contributed by atoms with Crippen LogP contribution in [-0.2, 0) is 17.6 Å². The van der Waals surface area contributed by atoms with Crippen molar-refractivity contribution >= 4 is 53.8 Å². The molecule has 0 amide bonds. The van der Waals surface area contributed by atoms with Gasteiger partial charge < -0.3 is 0 Å². The number of para-hydroxylation sites is 4. The van der Waals surface area contributed by atoms with Crippen molar-refractivity contribution in [2.45, 2.75) is 0 Å². The maximum absolute atomic E-state index is 6.97. The van der Waals surface area contributed by atoms with E-state index < -0.39 is 17.6 Å². The Morgan fingerprint density at radius 2 is 0.525 bits per heavy atom. The molecule has 6 heteroatoms. The number of fused-ring (bicyclic) bond motifs is 24. The summed E-state index contributed by atoms with van der Waals surface area (Å²) in [5.41, 5.74) is 27.1. The van der Waals surface area contributed by atoms with Gasteiger partial charge in [0.05, 0.1) is 0 Å². The van der Waals surface area contributed by atoms with Crippen molar-refractivity contribution in [3.8, 4) is 101 Å². The minimum atomic E-state index is -1.27. The van der Waals surface area contributed by atoms with Crippen molar-refractivity contribution in [1.82, 2.24) is 0 Å². The average Bonchev–Trinajstić information content (AvgIpc) is 4.23. The summed E-state index contributed by atoms with van der Waals surface area (Å²) in [5, 5.41) is 0. The second kappa shape index (κ2) is 17.8. The molecule has 12 aromatic carbocycles. The van der Waals surface area contributed by atoms with Crippen LogP contribution in [0.2, 0.25) is 0 Å². The Hall–Kier alpha value is -9.93. The molecule has 378 valence electrons. The molecule has 12 aromatic rings. The molecule has 17 rings (SSSR count). The number of hydrogen-bond acceptors (Lipinski definition) is 5. The molecule has 0 aliphatic carbocycles. The number of benzene rings is 12. The van der Waals surface area contributed by atoms with Gasteiger partial charge in [-0.1, -0.05) is 0 Å². The first kappa shape index (κ1) is 45.1. The van der Waals surface area contributed by atoms with E-state index >= 15 is 0 Å². The van der Waals surface area contributed by atoms with E-state index in [0.29, 0.717) is 0 Å². The molecule has 5 aliphatic rings. The van der Waals surface area contributed by atoms with Crippen LogP contribution in [0, 0.1) is 0 Å². The number of anilines is 8. The van der Waals surface area contributed by atoms with Gasteiger partial charge in [-0.25, -0.2) is 0 Å². The Kier molecular flexibility index (Phi) is 10.0. The van der Waals surface area contributed by atoms with E-state index in [0.717, 1.165) is 146 Å². The van der Waals surface area contributed by atoms with E-state index in [4.69, 9.17) is 4.74 Å². The summed E-state index contributed by atoms with van der Waals surface area (Å²) in [7, 11) is 0. The summed E-state index contributed by atoms with van der Waals surface area (Å²) in [6.45, 7) is 0. The Labute approximate surface area is 472 Å². The summed E-state index contributed by atoms with van der Waals surface area (Å²) in [6, 6.07) is 104. The molecular formula is C74H46N4OPt. The molecule has 0 saturated carbocycles. The van der Waals surface area contributed by atoms with Gasteiger partial charge in [0.25, 0.3) is 0 Å². The van der Waals surface area contributed by atoms with Crippen LogP contribution >= 0.6 is 0 Å². The topological polar surface area (TPSA) is 22.2 Å². The SMILES string of the molecule is c1ccc(-c2cc3c4c(c2)-c2cccc(c2)-c2cccc(c2)-c2cc(-c5ccccc5)cc(c2N2[C]5=[Pt]=[C]6N(c7cccc(c7)Oc7cccc(c7)N5c5ccccc52)c2ccccc2N64)-c2cccc(c2)-c2cccc-3c2)cc1. The predicted molar refractivity (Wildman–Crippen MR) is 328 cm³/mol. The third-order valence-corrected chi connectivity index (χ3v) is 19.2. The van der Waals surface area contributed by atoms with Gasteiger partial charge in [-0.15, -0.1) is 0 Å². The molecule has 0 aromatic heterocycles. The molecule has 0 spiro atoms. The molecule has 80 heavy (non-hydrogen) atoms. The average molecular weight is 1200 g/mol. The molecule has 5 nitrogen and oxygen atoms in total. The van der Waals surface area contributed by atoms with Crippen LogP contribution in [0.3, 0.4) is 0 Å². The molecule has 5 aliphatic heterocycles. The van der Waals surface area contributed by atoms with Crippen LogP contribution in [0.1, 0.15) is 0 Å². The second-order valence-electron chi connectivity index (χ2n) is 20.9. The van der Waals surface area contributed by atoms with Crippen molar-refractivity contribution in [3.63, 3.8) is 0 Å².